The summed E-state index contributed by atoms with van der Waals surface area (Å²) in [6, 6.07) is 11.7. The zero-order valence-corrected chi connectivity index (χ0v) is 14.0. The zero-order valence-electron chi connectivity index (χ0n) is 13.3. The van der Waals surface area contributed by atoms with E-state index in [0.717, 1.165) is 10.9 Å². The molecule has 3 rings (SSSR count). The molecule has 0 aliphatic heterocycles. The zero-order chi connectivity index (χ0) is 17.3. The Morgan fingerprint density at radius 1 is 1.21 bits per heavy atom. The monoisotopic (exact) mass is 341 g/mol. The number of benzene rings is 2. The number of halogens is 1. The summed E-state index contributed by atoms with van der Waals surface area (Å²) in [5.41, 5.74) is 1.10. The van der Waals surface area contributed by atoms with Gasteiger partial charge in [-0.3, -0.25) is 9.59 Å². The summed E-state index contributed by atoms with van der Waals surface area (Å²) in [6.07, 6.45) is 1.59. The maximum Gasteiger partial charge on any atom is 0.275 e. The summed E-state index contributed by atoms with van der Waals surface area (Å²) in [6.45, 7) is 3.46. The highest BCUT2D eigenvalue weighted by molar-refractivity contribution is 6.31. The van der Waals surface area contributed by atoms with E-state index < -0.39 is 6.04 Å². The van der Waals surface area contributed by atoms with Crippen molar-refractivity contribution >= 4 is 34.0 Å². The van der Waals surface area contributed by atoms with Crippen molar-refractivity contribution in [3.63, 3.8) is 0 Å². The number of carbonyl (C=O) groups is 1. The van der Waals surface area contributed by atoms with Crippen molar-refractivity contribution in [3.8, 4) is 0 Å². The molecule has 0 radical (unpaired) electrons. The predicted molar refractivity (Wildman–Crippen MR) is 95.5 cm³/mol. The Morgan fingerprint density at radius 2 is 1.96 bits per heavy atom. The molecule has 1 heterocycles. The first-order valence-electron chi connectivity index (χ1n) is 7.51. The molecule has 122 valence electrons. The lowest BCUT2D eigenvalue weighted by Crippen LogP contribution is -2.33. The molecule has 0 saturated carbocycles. The minimum absolute atomic E-state index is 0.293. The van der Waals surface area contributed by atoms with Gasteiger partial charge in [0.2, 0.25) is 5.91 Å². The molecular formula is C18H16ClN3O2. The summed E-state index contributed by atoms with van der Waals surface area (Å²) in [5.74, 6) is -0.328. The van der Waals surface area contributed by atoms with E-state index in [2.05, 4.69) is 10.4 Å². The van der Waals surface area contributed by atoms with Gasteiger partial charge >= 0.3 is 0 Å². The fraction of sp³-hybridized carbons (Fsp3) is 0.167. The van der Waals surface area contributed by atoms with Crippen LogP contribution < -0.4 is 10.9 Å². The number of rotatable bonds is 3. The van der Waals surface area contributed by atoms with Crippen LogP contribution in [0, 0.1) is 6.92 Å². The lowest BCUT2D eigenvalue weighted by molar-refractivity contribution is -0.119. The molecule has 24 heavy (non-hydrogen) atoms. The molecule has 0 saturated heterocycles. The number of hydrogen-bond donors (Lipinski definition) is 1. The average Bonchev–Trinajstić information content (AvgIpc) is 2.59. The lowest BCUT2D eigenvalue weighted by atomic mass is 10.2. The SMILES string of the molecule is Cc1c(Cl)cccc1NC(=O)[C@@H](C)n1ncc2ccccc2c1=O. The molecule has 0 aliphatic rings. The van der Waals surface area contributed by atoms with E-state index in [-0.39, 0.29) is 11.5 Å². The van der Waals surface area contributed by atoms with Crippen molar-refractivity contribution < 1.29 is 4.79 Å². The van der Waals surface area contributed by atoms with Gasteiger partial charge in [-0.1, -0.05) is 35.9 Å². The largest absolute Gasteiger partial charge is 0.324 e. The molecule has 1 aromatic heterocycles. The second-order valence-electron chi connectivity index (χ2n) is 5.56. The molecule has 0 unspecified atom stereocenters. The molecule has 0 spiro atoms. The minimum Gasteiger partial charge on any atom is -0.324 e. The van der Waals surface area contributed by atoms with Crippen LogP contribution in [0.1, 0.15) is 18.5 Å². The van der Waals surface area contributed by atoms with E-state index in [0.29, 0.717) is 16.1 Å². The number of fused-ring (bicyclic) bond motifs is 1. The number of amides is 1. The number of hydrogen-bond acceptors (Lipinski definition) is 3. The highest BCUT2D eigenvalue weighted by Crippen LogP contribution is 2.23. The van der Waals surface area contributed by atoms with Gasteiger partial charge < -0.3 is 5.32 Å². The number of carbonyl (C=O) groups excluding carboxylic acids is 1. The van der Waals surface area contributed by atoms with E-state index >= 15 is 0 Å². The standard InChI is InChI=1S/C18H16ClN3O2/c1-11-15(19)8-5-9-16(11)21-17(23)12(2)22-18(24)14-7-4-3-6-13(14)10-20-22/h3-10,12H,1-2H3,(H,21,23)/t12-/m1/s1. The third-order valence-corrected chi connectivity index (χ3v) is 4.40. The van der Waals surface area contributed by atoms with Crippen LogP contribution in [0.15, 0.2) is 53.5 Å². The molecule has 1 amide bonds. The molecule has 1 N–H and O–H groups in total. The number of nitrogens with one attached hydrogen (secondary N) is 1. The quantitative estimate of drug-likeness (QED) is 0.792. The van der Waals surface area contributed by atoms with Crippen molar-refractivity contribution in [1.29, 1.82) is 0 Å². The smallest absolute Gasteiger partial charge is 0.275 e. The molecule has 1 atom stereocenters. The topological polar surface area (TPSA) is 64.0 Å². The molecule has 3 aromatic rings. The Kier molecular flexibility index (Phi) is 4.36. The summed E-state index contributed by atoms with van der Waals surface area (Å²) in [5, 5.41) is 8.78. The maximum absolute atomic E-state index is 12.5. The summed E-state index contributed by atoms with van der Waals surface area (Å²) in [7, 11) is 0. The van der Waals surface area contributed by atoms with Gasteiger partial charge in [0.1, 0.15) is 6.04 Å². The molecule has 6 heteroatoms. The average molecular weight is 342 g/mol. The second kappa shape index (κ2) is 6.45. The highest BCUT2D eigenvalue weighted by atomic mass is 35.5. The van der Waals surface area contributed by atoms with Gasteiger partial charge in [0.15, 0.2) is 0 Å². The Morgan fingerprint density at radius 3 is 2.75 bits per heavy atom. The fourth-order valence-electron chi connectivity index (χ4n) is 2.47. The van der Waals surface area contributed by atoms with Gasteiger partial charge in [-0.15, -0.1) is 0 Å². The summed E-state index contributed by atoms with van der Waals surface area (Å²) in [4.78, 5) is 25.1. The highest BCUT2D eigenvalue weighted by Gasteiger charge is 2.19. The Bertz CT molecular complexity index is 981. The van der Waals surface area contributed by atoms with E-state index in [1.54, 1.807) is 43.5 Å². The second-order valence-corrected chi connectivity index (χ2v) is 5.97. The number of nitrogens with zero attached hydrogens (tertiary/aromatic N) is 2. The van der Waals surface area contributed by atoms with Crippen molar-refractivity contribution in [2.45, 2.75) is 19.9 Å². The maximum atomic E-state index is 12.5. The van der Waals surface area contributed by atoms with Gasteiger partial charge in [-0.25, -0.2) is 4.68 Å². The third kappa shape index (κ3) is 2.90. The molecular weight excluding hydrogens is 326 g/mol. The van der Waals surface area contributed by atoms with Crippen LogP contribution in [0.4, 0.5) is 5.69 Å². The first-order valence-corrected chi connectivity index (χ1v) is 7.89. The van der Waals surface area contributed by atoms with Crippen molar-refractivity contribution in [2.75, 3.05) is 5.32 Å². The summed E-state index contributed by atoms with van der Waals surface area (Å²) < 4.78 is 1.19. The van der Waals surface area contributed by atoms with Gasteiger partial charge in [-0.05, 0) is 37.6 Å². The van der Waals surface area contributed by atoms with E-state index in [4.69, 9.17) is 11.6 Å². The van der Waals surface area contributed by atoms with Crippen molar-refractivity contribution in [3.05, 3.63) is 69.6 Å². The number of anilines is 1. The van der Waals surface area contributed by atoms with Crippen LogP contribution >= 0.6 is 11.6 Å². The third-order valence-electron chi connectivity index (χ3n) is 3.99. The normalized spacial score (nSPS) is 12.1. The Hall–Kier alpha value is -2.66. The van der Waals surface area contributed by atoms with Crippen LogP contribution in [0.3, 0.4) is 0 Å². The van der Waals surface area contributed by atoms with Gasteiger partial charge in [0.05, 0.1) is 11.6 Å². The van der Waals surface area contributed by atoms with Crippen molar-refractivity contribution in [1.82, 2.24) is 9.78 Å². The van der Waals surface area contributed by atoms with Crippen molar-refractivity contribution in [2.24, 2.45) is 0 Å². The van der Waals surface area contributed by atoms with Crippen LogP contribution in [0.2, 0.25) is 5.02 Å². The molecule has 5 nitrogen and oxygen atoms in total. The fourth-order valence-corrected chi connectivity index (χ4v) is 2.65. The van der Waals surface area contributed by atoms with Crippen LogP contribution in [-0.2, 0) is 4.79 Å². The predicted octanol–water partition coefficient (Wildman–Crippen LogP) is 3.56. The first kappa shape index (κ1) is 16.2. The Balaban J connectivity index is 1.93. The lowest BCUT2D eigenvalue weighted by Gasteiger charge is -2.16. The first-order chi connectivity index (χ1) is 11.5. The van der Waals surface area contributed by atoms with Crippen LogP contribution in [0.5, 0.6) is 0 Å². The van der Waals surface area contributed by atoms with Crippen LogP contribution in [0.25, 0.3) is 10.8 Å². The molecule has 0 aliphatic carbocycles. The Labute approximate surface area is 143 Å². The van der Waals surface area contributed by atoms with Crippen LogP contribution in [-0.4, -0.2) is 15.7 Å². The van der Waals surface area contributed by atoms with Gasteiger partial charge in [0, 0.05) is 16.1 Å². The summed E-state index contributed by atoms with van der Waals surface area (Å²) >= 11 is 6.07. The van der Waals surface area contributed by atoms with Gasteiger partial charge in [0.25, 0.3) is 5.56 Å². The molecule has 2 aromatic carbocycles. The van der Waals surface area contributed by atoms with Gasteiger partial charge in [-0.2, -0.15) is 5.10 Å². The minimum atomic E-state index is -0.750. The van der Waals surface area contributed by atoms with E-state index in [1.165, 1.54) is 4.68 Å². The molecule has 0 fully saturated rings. The van der Waals surface area contributed by atoms with E-state index in [9.17, 15) is 9.59 Å². The van der Waals surface area contributed by atoms with E-state index in [1.807, 2.05) is 19.1 Å². The molecule has 0 bridgehead atoms. The number of aromatic nitrogens is 2.